The molecule has 1 aliphatic rings. The van der Waals surface area contributed by atoms with E-state index in [1.165, 1.54) is 0 Å². The fraction of sp³-hybridized carbons (Fsp3) is 0.200. The second-order valence-corrected chi connectivity index (χ2v) is 6.75. The Morgan fingerprint density at radius 2 is 1.35 bits per heavy atom. The monoisotopic (exact) mass is 289 g/mol. The fourth-order valence-electron chi connectivity index (χ4n) is 2.58. The summed E-state index contributed by atoms with van der Waals surface area (Å²) in [4.78, 5) is 0. The van der Waals surface area contributed by atoms with Crippen LogP contribution in [-0.4, -0.2) is 25.3 Å². The highest BCUT2D eigenvalue weighted by Gasteiger charge is 2.49. The topological polar surface area (TPSA) is 66.4 Å². The smallest absolute Gasteiger partial charge is 0.213 e. The molecule has 0 aromatic heterocycles. The van der Waals surface area contributed by atoms with Gasteiger partial charge in [0, 0.05) is 0 Å². The standard InChI is InChI=1S/C15H15NO3S/c17-15(12-7-3-1-4-8-12,13-9-5-2-6-10-13)14-11-20(18,19)16-14/h1-10,14,16-17H,11H2. The number of sulfonamides is 1. The van der Waals surface area contributed by atoms with Crippen molar-refractivity contribution in [2.75, 3.05) is 5.75 Å². The van der Waals surface area contributed by atoms with Crippen LogP contribution in [0.2, 0.25) is 0 Å². The molecule has 2 aromatic carbocycles. The van der Waals surface area contributed by atoms with Gasteiger partial charge in [-0.1, -0.05) is 60.7 Å². The Hall–Kier alpha value is -1.69. The van der Waals surface area contributed by atoms with E-state index in [9.17, 15) is 13.5 Å². The lowest BCUT2D eigenvalue weighted by atomic mass is 9.81. The van der Waals surface area contributed by atoms with Crippen LogP contribution in [0.15, 0.2) is 60.7 Å². The number of hydrogen-bond acceptors (Lipinski definition) is 3. The van der Waals surface area contributed by atoms with Gasteiger partial charge in [-0.2, -0.15) is 0 Å². The molecule has 0 aliphatic carbocycles. The van der Waals surface area contributed by atoms with E-state index in [1.54, 1.807) is 24.3 Å². The molecule has 1 fully saturated rings. The van der Waals surface area contributed by atoms with Gasteiger partial charge in [0.15, 0.2) is 0 Å². The Balaban J connectivity index is 2.09. The molecule has 4 nitrogen and oxygen atoms in total. The molecule has 104 valence electrons. The summed E-state index contributed by atoms with van der Waals surface area (Å²) in [6.07, 6.45) is 0. The van der Waals surface area contributed by atoms with E-state index < -0.39 is 21.7 Å². The second kappa shape index (κ2) is 4.70. The molecular weight excluding hydrogens is 274 g/mol. The molecule has 20 heavy (non-hydrogen) atoms. The summed E-state index contributed by atoms with van der Waals surface area (Å²) in [5.74, 6) is -0.0761. The molecule has 0 saturated carbocycles. The highest BCUT2D eigenvalue weighted by Crippen LogP contribution is 2.36. The molecule has 1 unspecified atom stereocenters. The number of benzene rings is 2. The van der Waals surface area contributed by atoms with Gasteiger partial charge in [-0.15, -0.1) is 0 Å². The number of hydrogen-bond donors (Lipinski definition) is 2. The molecule has 1 heterocycles. The van der Waals surface area contributed by atoms with Crippen molar-refractivity contribution < 1.29 is 13.5 Å². The fourth-order valence-corrected chi connectivity index (χ4v) is 3.83. The summed E-state index contributed by atoms with van der Waals surface area (Å²) < 4.78 is 25.2. The van der Waals surface area contributed by atoms with Crippen molar-refractivity contribution in [3.8, 4) is 0 Å². The molecular formula is C15H15NO3S. The van der Waals surface area contributed by atoms with Gasteiger partial charge in [-0.25, -0.2) is 13.1 Å². The van der Waals surface area contributed by atoms with Gasteiger partial charge in [0.2, 0.25) is 10.0 Å². The van der Waals surface area contributed by atoms with Crippen LogP contribution >= 0.6 is 0 Å². The zero-order valence-electron chi connectivity index (χ0n) is 10.7. The van der Waals surface area contributed by atoms with E-state index in [1.807, 2.05) is 36.4 Å². The van der Waals surface area contributed by atoms with Crippen molar-refractivity contribution in [2.24, 2.45) is 0 Å². The third-order valence-corrected chi connectivity index (χ3v) is 5.06. The van der Waals surface area contributed by atoms with Crippen LogP contribution in [0.25, 0.3) is 0 Å². The minimum atomic E-state index is -3.24. The molecule has 1 aliphatic heterocycles. The maximum atomic E-state index is 11.4. The first kappa shape index (κ1) is 13.3. The van der Waals surface area contributed by atoms with E-state index >= 15 is 0 Å². The number of rotatable bonds is 3. The molecule has 0 bridgehead atoms. The average molecular weight is 289 g/mol. The minimum Gasteiger partial charge on any atom is -0.379 e. The van der Waals surface area contributed by atoms with Gasteiger partial charge in [-0.05, 0) is 11.1 Å². The van der Waals surface area contributed by atoms with E-state index in [0.29, 0.717) is 11.1 Å². The van der Waals surface area contributed by atoms with Crippen molar-refractivity contribution >= 4 is 10.0 Å². The minimum absolute atomic E-state index is 0.0761. The predicted octanol–water partition coefficient (Wildman–Crippen LogP) is 1.22. The first-order valence-corrected chi connectivity index (χ1v) is 8.01. The van der Waals surface area contributed by atoms with Crippen LogP contribution in [0, 0.1) is 0 Å². The van der Waals surface area contributed by atoms with Crippen molar-refractivity contribution in [1.29, 1.82) is 0 Å². The van der Waals surface area contributed by atoms with E-state index in [2.05, 4.69) is 4.72 Å². The summed E-state index contributed by atoms with van der Waals surface area (Å²) in [5.41, 5.74) is 0.00519. The Bertz CT molecular complexity index is 647. The average Bonchev–Trinajstić information content (AvgIpc) is 2.46. The van der Waals surface area contributed by atoms with E-state index in [-0.39, 0.29) is 5.75 Å². The zero-order chi connectivity index (χ0) is 14.2. The highest BCUT2D eigenvalue weighted by atomic mass is 32.2. The lowest BCUT2D eigenvalue weighted by molar-refractivity contribution is 0.0464. The quantitative estimate of drug-likeness (QED) is 0.893. The number of aliphatic hydroxyl groups is 1. The van der Waals surface area contributed by atoms with Gasteiger partial charge in [-0.3, -0.25) is 0 Å². The van der Waals surface area contributed by atoms with Gasteiger partial charge in [0.05, 0.1) is 11.8 Å². The van der Waals surface area contributed by atoms with Crippen LogP contribution in [-0.2, 0) is 15.6 Å². The molecule has 2 aromatic rings. The summed E-state index contributed by atoms with van der Waals surface area (Å²) in [6.45, 7) is 0. The predicted molar refractivity (Wildman–Crippen MR) is 76.6 cm³/mol. The lowest BCUT2D eigenvalue weighted by Gasteiger charge is -2.42. The Morgan fingerprint density at radius 3 is 1.70 bits per heavy atom. The first-order valence-electron chi connectivity index (χ1n) is 6.36. The first-order chi connectivity index (χ1) is 9.52. The van der Waals surface area contributed by atoms with Crippen molar-refractivity contribution in [1.82, 2.24) is 4.72 Å². The Morgan fingerprint density at radius 1 is 0.950 bits per heavy atom. The summed E-state index contributed by atoms with van der Waals surface area (Å²) in [7, 11) is -3.24. The molecule has 3 rings (SSSR count). The maximum absolute atomic E-state index is 11.4. The largest absolute Gasteiger partial charge is 0.379 e. The molecule has 1 saturated heterocycles. The molecule has 0 spiro atoms. The van der Waals surface area contributed by atoms with Crippen LogP contribution in [0.5, 0.6) is 0 Å². The highest BCUT2D eigenvalue weighted by molar-refractivity contribution is 7.90. The molecule has 0 radical (unpaired) electrons. The van der Waals surface area contributed by atoms with Gasteiger partial charge >= 0.3 is 0 Å². The molecule has 0 amide bonds. The third kappa shape index (κ3) is 2.14. The Kier molecular flexibility index (Phi) is 3.12. The van der Waals surface area contributed by atoms with E-state index in [4.69, 9.17) is 0 Å². The van der Waals surface area contributed by atoms with Crippen LogP contribution in [0.4, 0.5) is 0 Å². The van der Waals surface area contributed by atoms with Crippen LogP contribution < -0.4 is 4.72 Å². The molecule has 2 N–H and O–H groups in total. The normalized spacial score (nSPS) is 21.1. The molecule has 1 atom stereocenters. The Labute approximate surface area is 118 Å². The van der Waals surface area contributed by atoms with Crippen LogP contribution in [0.3, 0.4) is 0 Å². The number of nitrogens with one attached hydrogen (secondary N) is 1. The maximum Gasteiger partial charge on any atom is 0.213 e. The summed E-state index contributed by atoms with van der Waals surface area (Å²) >= 11 is 0. The zero-order valence-corrected chi connectivity index (χ0v) is 11.5. The van der Waals surface area contributed by atoms with Gasteiger partial charge < -0.3 is 5.11 Å². The van der Waals surface area contributed by atoms with Crippen molar-refractivity contribution in [3.63, 3.8) is 0 Å². The van der Waals surface area contributed by atoms with Crippen molar-refractivity contribution in [2.45, 2.75) is 11.6 Å². The van der Waals surface area contributed by atoms with E-state index in [0.717, 1.165) is 0 Å². The molecule has 5 heteroatoms. The second-order valence-electron chi connectivity index (χ2n) is 4.95. The van der Waals surface area contributed by atoms with Crippen LogP contribution in [0.1, 0.15) is 11.1 Å². The SMILES string of the molecule is O=S1(=O)CC(C(O)(c2ccccc2)c2ccccc2)N1. The van der Waals surface area contributed by atoms with Gasteiger partial charge in [0.1, 0.15) is 5.60 Å². The summed E-state index contributed by atoms with van der Waals surface area (Å²) in [5, 5.41) is 11.2. The summed E-state index contributed by atoms with van der Waals surface area (Å²) in [6, 6.07) is 17.7. The third-order valence-electron chi connectivity index (χ3n) is 3.64. The van der Waals surface area contributed by atoms with Gasteiger partial charge in [0.25, 0.3) is 0 Å². The lowest BCUT2D eigenvalue weighted by Crippen LogP contribution is -2.63. The van der Waals surface area contributed by atoms with Crippen molar-refractivity contribution in [3.05, 3.63) is 71.8 Å².